The van der Waals surface area contributed by atoms with Crippen LogP contribution in [0, 0.1) is 3.57 Å². The van der Waals surface area contributed by atoms with Crippen molar-refractivity contribution in [1.29, 1.82) is 0 Å². The van der Waals surface area contributed by atoms with E-state index in [1.807, 2.05) is 29.1 Å². The maximum atomic E-state index is 5.90. The zero-order valence-electron chi connectivity index (χ0n) is 9.31. The zero-order chi connectivity index (χ0) is 12.1. The Labute approximate surface area is 114 Å². The summed E-state index contributed by atoms with van der Waals surface area (Å²) in [4.78, 5) is 0. The summed E-state index contributed by atoms with van der Waals surface area (Å²) in [5, 5.41) is 11.0. The Balaban J connectivity index is 1.78. The molecule has 0 saturated heterocycles. The van der Waals surface area contributed by atoms with Crippen molar-refractivity contribution in [2.45, 2.75) is 13.0 Å². The molecule has 0 radical (unpaired) electrons. The number of rotatable bonds is 5. The lowest BCUT2D eigenvalue weighted by Crippen LogP contribution is -2.08. The highest BCUT2D eigenvalue weighted by atomic mass is 127. The minimum absolute atomic E-state index is 0.789. The molecule has 2 aromatic rings. The van der Waals surface area contributed by atoms with Crippen molar-refractivity contribution in [2.75, 3.05) is 17.6 Å². The first-order valence-electron chi connectivity index (χ1n) is 5.39. The number of anilines is 2. The Morgan fingerprint density at radius 1 is 1.41 bits per heavy atom. The van der Waals surface area contributed by atoms with E-state index in [4.69, 9.17) is 5.73 Å². The van der Waals surface area contributed by atoms with Gasteiger partial charge in [-0.1, -0.05) is 5.21 Å². The molecule has 6 heteroatoms. The summed E-state index contributed by atoms with van der Waals surface area (Å²) in [6.07, 6.45) is 4.53. The molecule has 0 aliphatic heterocycles. The standard InChI is InChI=1S/C11H14IN5/c12-9-2-3-11(10(13)8-9)14-4-1-6-17-7-5-15-16-17/h2-3,5,7-8,14H,1,4,6,13H2. The van der Waals surface area contributed by atoms with Gasteiger partial charge >= 0.3 is 0 Å². The van der Waals surface area contributed by atoms with Crippen LogP contribution in [0.4, 0.5) is 11.4 Å². The smallest absolute Gasteiger partial charge is 0.0692 e. The molecule has 0 aliphatic carbocycles. The molecule has 90 valence electrons. The number of nitrogens with zero attached hydrogens (tertiary/aromatic N) is 3. The van der Waals surface area contributed by atoms with Gasteiger partial charge < -0.3 is 11.1 Å². The minimum Gasteiger partial charge on any atom is -0.397 e. The summed E-state index contributed by atoms with van der Waals surface area (Å²) in [7, 11) is 0. The highest BCUT2D eigenvalue weighted by Crippen LogP contribution is 2.20. The molecule has 0 aliphatic rings. The van der Waals surface area contributed by atoms with E-state index in [2.05, 4.69) is 38.2 Å². The Morgan fingerprint density at radius 3 is 3.00 bits per heavy atom. The van der Waals surface area contributed by atoms with E-state index in [0.29, 0.717) is 0 Å². The number of nitrogen functional groups attached to an aromatic ring is 1. The predicted octanol–water partition coefficient (Wildman–Crippen LogP) is 1.97. The van der Waals surface area contributed by atoms with Crippen molar-refractivity contribution in [3.63, 3.8) is 0 Å². The molecule has 17 heavy (non-hydrogen) atoms. The second-order valence-corrected chi connectivity index (χ2v) is 4.92. The van der Waals surface area contributed by atoms with Gasteiger partial charge in [-0.3, -0.25) is 4.68 Å². The number of nitrogens with one attached hydrogen (secondary N) is 1. The lowest BCUT2D eigenvalue weighted by atomic mass is 10.2. The number of halogens is 1. The first-order chi connectivity index (χ1) is 8.25. The molecule has 0 fully saturated rings. The molecule has 1 heterocycles. The van der Waals surface area contributed by atoms with Gasteiger partial charge in [0.05, 0.1) is 17.6 Å². The van der Waals surface area contributed by atoms with Gasteiger partial charge in [0.2, 0.25) is 0 Å². The van der Waals surface area contributed by atoms with Crippen molar-refractivity contribution in [3.8, 4) is 0 Å². The van der Waals surface area contributed by atoms with Crippen molar-refractivity contribution < 1.29 is 0 Å². The molecule has 3 N–H and O–H groups in total. The highest BCUT2D eigenvalue weighted by Gasteiger charge is 1.99. The molecule has 5 nitrogen and oxygen atoms in total. The van der Waals surface area contributed by atoms with Gasteiger partial charge in [0.1, 0.15) is 0 Å². The molecule has 1 aromatic carbocycles. The molecular formula is C11H14IN5. The number of hydrogen-bond donors (Lipinski definition) is 2. The summed E-state index contributed by atoms with van der Waals surface area (Å²) >= 11 is 2.25. The van der Waals surface area contributed by atoms with Gasteiger partial charge in [0.15, 0.2) is 0 Å². The third kappa shape index (κ3) is 3.58. The zero-order valence-corrected chi connectivity index (χ0v) is 11.5. The minimum atomic E-state index is 0.789. The van der Waals surface area contributed by atoms with E-state index < -0.39 is 0 Å². The Morgan fingerprint density at radius 2 is 2.29 bits per heavy atom. The lowest BCUT2D eigenvalue weighted by Gasteiger charge is -2.09. The summed E-state index contributed by atoms with van der Waals surface area (Å²) in [5.74, 6) is 0. The quantitative estimate of drug-likeness (QED) is 0.495. The van der Waals surface area contributed by atoms with Crippen LogP contribution >= 0.6 is 22.6 Å². The van der Waals surface area contributed by atoms with Gasteiger partial charge in [0, 0.05) is 22.9 Å². The van der Waals surface area contributed by atoms with Gasteiger partial charge in [0.25, 0.3) is 0 Å². The van der Waals surface area contributed by atoms with Crippen LogP contribution in [0.25, 0.3) is 0 Å². The number of hydrogen-bond acceptors (Lipinski definition) is 4. The van der Waals surface area contributed by atoms with Crippen LogP contribution in [0.1, 0.15) is 6.42 Å². The summed E-state index contributed by atoms with van der Waals surface area (Å²) in [6.45, 7) is 1.72. The first-order valence-corrected chi connectivity index (χ1v) is 6.46. The van der Waals surface area contributed by atoms with Gasteiger partial charge in [-0.25, -0.2) is 0 Å². The van der Waals surface area contributed by atoms with Gasteiger partial charge in [-0.2, -0.15) is 0 Å². The lowest BCUT2D eigenvalue weighted by molar-refractivity contribution is 0.570. The number of benzene rings is 1. The van der Waals surface area contributed by atoms with Crippen molar-refractivity contribution >= 4 is 34.0 Å². The topological polar surface area (TPSA) is 68.8 Å². The molecule has 0 saturated carbocycles. The van der Waals surface area contributed by atoms with E-state index in [1.54, 1.807) is 6.20 Å². The van der Waals surface area contributed by atoms with Crippen LogP contribution in [0.3, 0.4) is 0 Å². The maximum Gasteiger partial charge on any atom is 0.0692 e. The number of nitrogens with two attached hydrogens (primary N) is 1. The largest absolute Gasteiger partial charge is 0.397 e. The average Bonchev–Trinajstić information content (AvgIpc) is 2.79. The van der Waals surface area contributed by atoms with E-state index in [9.17, 15) is 0 Å². The van der Waals surface area contributed by atoms with Crippen LogP contribution in [0.15, 0.2) is 30.6 Å². The predicted molar refractivity (Wildman–Crippen MR) is 76.7 cm³/mol. The van der Waals surface area contributed by atoms with Crippen LogP contribution in [0.2, 0.25) is 0 Å². The van der Waals surface area contributed by atoms with Crippen LogP contribution in [-0.4, -0.2) is 21.5 Å². The fourth-order valence-electron chi connectivity index (χ4n) is 1.51. The summed E-state index contributed by atoms with van der Waals surface area (Å²) in [5.41, 5.74) is 7.68. The molecular weight excluding hydrogens is 329 g/mol. The summed E-state index contributed by atoms with van der Waals surface area (Å²) < 4.78 is 2.96. The van der Waals surface area contributed by atoms with Crippen molar-refractivity contribution in [1.82, 2.24) is 15.0 Å². The second-order valence-electron chi connectivity index (χ2n) is 3.68. The van der Waals surface area contributed by atoms with Crippen molar-refractivity contribution in [2.24, 2.45) is 0 Å². The van der Waals surface area contributed by atoms with Crippen molar-refractivity contribution in [3.05, 3.63) is 34.2 Å². The molecule has 1 aromatic heterocycles. The van der Waals surface area contributed by atoms with Gasteiger partial charge in [-0.05, 0) is 47.2 Å². The third-order valence-electron chi connectivity index (χ3n) is 2.36. The normalized spacial score (nSPS) is 10.4. The van der Waals surface area contributed by atoms with E-state index in [1.165, 1.54) is 0 Å². The fourth-order valence-corrected chi connectivity index (χ4v) is 2.03. The highest BCUT2D eigenvalue weighted by molar-refractivity contribution is 14.1. The van der Waals surface area contributed by atoms with Crippen LogP contribution in [-0.2, 0) is 6.54 Å². The molecule has 0 atom stereocenters. The molecule has 0 amide bonds. The molecule has 2 rings (SSSR count). The van der Waals surface area contributed by atoms with E-state index >= 15 is 0 Å². The average molecular weight is 343 g/mol. The van der Waals surface area contributed by atoms with Crippen LogP contribution < -0.4 is 11.1 Å². The number of aryl methyl sites for hydroxylation is 1. The van der Waals surface area contributed by atoms with Crippen LogP contribution in [0.5, 0.6) is 0 Å². The Bertz CT molecular complexity index is 469. The second kappa shape index (κ2) is 5.85. The van der Waals surface area contributed by atoms with Gasteiger partial charge in [-0.15, -0.1) is 5.10 Å². The first kappa shape index (κ1) is 12.2. The maximum absolute atomic E-state index is 5.90. The third-order valence-corrected chi connectivity index (χ3v) is 3.04. The van der Waals surface area contributed by atoms with E-state index in [-0.39, 0.29) is 0 Å². The SMILES string of the molecule is Nc1cc(I)ccc1NCCCn1ccnn1. The Kier molecular flexibility index (Phi) is 4.18. The van der Waals surface area contributed by atoms with E-state index in [0.717, 1.165) is 34.5 Å². The fraction of sp³-hybridized carbons (Fsp3) is 0.273. The monoisotopic (exact) mass is 343 g/mol. The molecule has 0 bridgehead atoms. The molecule has 0 unspecified atom stereocenters. The Hall–Kier alpha value is -1.31. The molecule has 0 spiro atoms. The number of aromatic nitrogens is 3. The summed E-state index contributed by atoms with van der Waals surface area (Å²) in [6, 6.07) is 6.00.